The van der Waals surface area contributed by atoms with Crippen LogP contribution >= 0.6 is 0 Å². The fourth-order valence-electron chi connectivity index (χ4n) is 2.10. The van der Waals surface area contributed by atoms with Gasteiger partial charge in [0.2, 0.25) is 0 Å². The lowest BCUT2D eigenvalue weighted by Crippen LogP contribution is -2.56. The third-order valence-electron chi connectivity index (χ3n) is 3.00. The molecule has 1 aliphatic rings. The summed E-state index contributed by atoms with van der Waals surface area (Å²) in [4.78, 5) is 18.3. The van der Waals surface area contributed by atoms with E-state index >= 15 is 0 Å². The first kappa shape index (κ1) is 12.8. The molecule has 98 valence electrons. The fourth-order valence-corrected chi connectivity index (χ4v) is 2.10. The first-order chi connectivity index (χ1) is 8.72. The van der Waals surface area contributed by atoms with E-state index < -0.39 is 0 Å². The summed E-state index contributed by atoms with van der Waals surface area (Å²) in [5.74, 6) is 0.655. The van der Waals surface area contributed by atoms with Crippen LogP contribution in [-0.2, 0) is 9.53 Å². The highest BCUT2D eigenvalue weighted by molar-refractivity contribution is 5.80. The molecule has 0 radical (unpaired) electrons. The van der Waals surface area contributed by atoms with Crippen molar-refractivity contribution in [2.24, 2.45) is 0 Å². The Morgan fingerprint density at radius 2 is 2.50 bits per heavy atom. The summed E-state index contributed by atoms with van der Waals surface area (Å²) in [6, 6.07) is 3.66. The van der Waals surface area contributed by atoms with Gasteiger partial charge in [-0.1, -0.05) is 0 Å². The maximum absolute atomic E-state index is 11.9. The van der Waals surface area contributed by atoms with Crippen LogP contribution in [0.5, 0.6) is 0 Å². The smallest absolute Gasteiger partial charge is 0.330 e. The lowest BCUT2D eigenvalue weighted by molar-refractivity contribution is -0.144. The molecule has 1 fully saturated rings. The molecule has 0 saturated carbocycles. The Hall–Kier alpha value is -1.62. The molecule has 0 amide bonds. The molecule has 0 spiro atoms. The number of hydrogen-bond donors (Lipinski definition) is 1. The van der Waals surface area contributed by atoms with Crippen molar-refractivity contribution in [2.75, 3.05) is 31.1 Å². The van der Waals surface area contributed by atoms with Crippen LogP contribution in [0.2, 0.25) is 0 Å². The van der Waals surface area contributed by atoms with Crippen molar-refractivity contribution < 1.29 is 9.53 Å². The molecule has 0 aromatic carbocycles. The number of aromatic nitrogens is 1. The molecular weight excluding hydrogens is 230 g/mol. The van der Waals surface area contributed by atoms with Crippen molar-refractivity contribution in [2.45, 2.75) is 19.9 Å². The molecule has 0 bridgehead atoms. The molecule has 0 aliphatic carbocycles. The number of ether oxygens (including phenoxy) is 1. The topological polar surface area (TPSA) is 54.5 Å². The molecule has 5 nitrogen and oxygen atoms in total. The largest absolute Gasteiger partial charge is 0.464 e. The summed E-state index contributed by atoms with van der Waals surface area (Å²) < 4.78 is 5.11. The van der Waals surface area contributed by atoms with Crippen LogP contribution in [0.4, 0.5) is 5.82 Å². The van der Waals surface area contributed by atoms with Crippen LogP contribution < -0.4 is 10.2 Å². The van der Waals surface area contributed by atoms with Crippen LogP contribution in [0.1, 0.15) is 12.5 Å². The molecule has 2 heterocycles. The summed E-state index contributed by atoms with van der Waals surface area (Å²) in [5.41, 5.74) is 1.14. The third kappa shape index (κ3) is 2.79. The predicted octanol–water partition coefficient (Wildman–Crippen LogP) is 0.731. The van der Waals surface area contributed by atoms with Crippen molar-refractivity contribution >= 4 is 11.8 Å². The second-order valence-corrected chi connectivity index (χ2v) is 4.36. The number of carbonyl (C=O) groups is 1. The Morgan fingerprint density at radius 3 is 3.22 bits per heavy atom. The molecule has 1 aliphatic heterocycles. The van der Waals surface area contributed by atoms with Crippen LogP contribution in [0.25, 0.3) is 0 Å². The van der Waals surface area contributed by atoms with Crippen LogP contribution in [0, 0.1) is 6.92 Å². The van der Waals surface area contributed by atoms with E-state index in [2.05, 4.69) is 10.3 Å². The van der Waals surface area contributed by atoms with Gasteiger partial charge >= 0.3 is 5.97 Å². The highest BCUT2D eigenvalue weighted by atomic mass is 16.5. The SMILES string of the molecule is CCOC(=O)C1CNCCN1c1cc(C)ccn1. The predicted molar refractivity (Wildman–Crippen MR) is 69.6 cm³/mol. The summed E-state index contributed by atoms with van der Waals surface area (Å²) in [6.07, 6.45) is 1.77. The van der Waals surface area contributed by atoms with E-state index in [1.807, 2.05) is 30.9 Å². The van der Waals surface area contributed by atoms with Gasteiger partial charge in [0.05, 0.1) is 6.61 Å². The van der Waals surface area contributed by atoms with Gasteiger partial charge in [-0.3, -0.25) is 0 Å². The number of aryl methyl sites for hydroxylation is 1. The molecule has 1 saturated heterocycles. The Bertz CT molecular complexity index is 422. The van der Waals surface area contributed by atoms with Crippen LogP contribution in [0.3, 0.4) is 0 Å². The minimum Gasteiger partial charge on any atom is -0.464 e. The number of pyridine rings is 1. The van der Waals surface area contributed by atoms with Gasteiger partial charge in [-0.25, -0.2) is 9.78 Å². The first-order valence-electron chi connectivity index (χ1n) is 6.29. The van der Waals surface area contributed by atoms with E-state index in [4.69, 9.17) is 4.74 Å². The Labute approximate surface area is 107 Å². The zero-order chi connectivity index (χ0) is 13.0. The van der Waals surface area contributed by atoms with Gasteiger partial charge in [-0.2, -0.15) is 0 Å². The lowest BCUT2D eigenvalue weighted by atomic mass is 10.2. The molecule has 5 heteroatoms. The van der Waals surface area contributed by atoms with E-state index in [1.165, 1.54) is 0 Å². The number of rotatable bonds is 3. The molecule has 2 rings (SSSR count). The number of anilines is 1. The van der Waals surface area contributed by atoms with Crippen molar-refractivity contribution in [1.82, 2.24) is 10.3 Å². The Morgan fingerprint density at radius 1 is 1.67 bits per heavy atom. The first-order valence-corrected chi connectivity index (χ1v) is 6.29. The van der Waals surface area contributed by atoms with Crippen molar-refractivity contribution in [3.05, 3.63) is 23.9 Å². The van der Waals surface area contributed by atoms with Crippen molar-refractivity contribution in [1.29, 1.82) is 0 Å². The van der Waals surface area contributed by atoms with Gasteiger partial charge in [0, 0.05) is 25.8 Å². The van der Waals surface area contributed by atoms with Gasteiger partial charge in [0.1, 0.15) is 11.9 Å². The summed E-state index contributed by atoms with van der Waals surface area (Å²) >= 11 is 0. The number of carbonyl (C=O) groups excluding carboxylic acids is 1. The standard InChI is InChI=1S/C13H19N3O2/c1-3-18-13(17)11-9-14-6-7-16(11)12-8-10(2)4-5-15-12/h4-5,8,11,14H,3,6-7,9H2,1-2H3. The quantitative estimate of drug-likeness (QED) is 0.800. The van der Waals surface area contributed by atoms with Crippen LogP contribution in [-0.4, -0.2) is 43.2 Å². The van der Waals surface area contributed by atoms with E-state index in [-0.39, 0.29) is 12.0 Å². The van der Waals surface area contributed by atoms with Gasteiger partial charge < -0.3 is 15.0 Å². The van der Waals surface area contributed by atoms with E-state index in [0.29, 0.717) is 13.2 Å². The van der Waals surface area contributed by atoms with Gasteiger partial charge in [0.15, 0.2) is 0 Å². The zero-order valence-corrected chi connectivity index (χ0v) is 10.8. The van der Waals surface area contributed by atoms with Crippen molar-refractivity contribution in [3.63, 3.8) is 0 Å². The van der Waals surface area contributed by atoms with Crippen LogP contribution in [0.15, 0.2) is 18.3 Å². The minimum atomic E-state index is -0.284. The Kier molecular flexibility index (Phi) is 4.15. The van der Waals surface area contributed by atoms with Crippen molar-refractivity contribution in [3.8, 4) is 0 Å². The number of hydrogen-bond acceptors (Lipinski definition) is 5. The number of piperazine rings is 1. The van der Waals surface area contributed by atoms with E-state index in [9.17, 15) is 4.79 Å². The summed E-state index contributed by atoms with van der Waals surface area (Å²) in [6.45, 7) is 6.47. The molecule has 1 atom stereocenters. The molecule has 1 N–H and O–H groups in total. The second-order valence-electron chi connectivity index (χ2n) is 4.36. The number of esters is 1. The van der Waals surface area contributed by atoms with E-state index in [0.717, 1.165) is 24.5 Å². The highest BCUT2D eigenvalue weighted by Crippen LogP contribution is 2.17. The highest BCUT2D eigenvalue weighted by Gasteiger charge is 2.30. The fraction of sp³-hybridized carbons (Fsp3) is 0.538. The molecule has 18 heavy (non-hydrogen) atoms. The zero-order valence-electron chi connectivity index (χ0n) is 10.8. The lowest BCUT2D eigenvalue weighted by Gasteiger charge is -2.35. The maximum atomic E-state index is 11.9. The third-order valence-corrected chi connectivity index (χ3v) is 3.00. The molecule has 1 unspecified atom stereocenters. The van der Waals surface area contributed by atoms with Gasteiger partial charge in [-0.15, -0.1) is 0 Å². The average Bonchev–Trinajstić information content (AvgIpc) is 2.39. The minimum absolute atomic E-state index is 0.187. The Balaban J connectivity index is 2.20. The normalized spacial score (nSPS) is 19.7. The van der Waals surface area contributed by atoms with E-state index in [1.54, 1.807) is 6.20 Å². The average molecular weight is 249 g/mol. The maximum Gasteiger partial charge on any atom is 0.330 e. The van der Waals surface area contributed by atoms with Gasteiger partial charge in [0.25, 0.3) is 0 Å². The number of nitrogens with one attached hydrogen (secondary N) is 1. The monoisotopic (exact) mass is 249 g/mol. The second kappa shape index (κ2) is 5.82. The molecule has 1 aromatic rings. The summed E-state index contributed by atoms with van der Waals surface area (Å²) in [5, 5.41) is 3.22. The van der Waals surface area contributed by atoms with Gasteiger partial charge in [-0.05, 0) is 31.5 Å². The summed E-state index contributed by atoms with van der Waals surface area (Å²) in [7, 11) is 0. The molecule has 1 aromatic heterocycles. The number of nitrogens with zero attached hydrogens (tertiary/aromatic N) is 2. The molecular formula is C13H19N3O2.